The van der Waals surface area contributed by atoms with Crippen molar-refractivity contribution < 1.29 is 17.9 Å². The molecule has 1 amide bonds. The number of nitrogens with one attached hydrogen (secondary N) is 1. The predicted octanol–water partition coefficient (Wildman–Crippen LogP) is 4.36. The van der Waals surface area contributed by atoms with E-state index in [9.17, 15) is 13.2 Å². The second-order valence-corrected chi connectivity index (χ2v) is 10.2. The lowest BCUT2D eigenvalue weighted by Gasteiger charge is -2.24. The molecule has 1 aromatic heterocycles. The van der Waals surface area contributed by atoms with Gasteiger partial charge in [-0.3, -0.25) is 14.4 Å². The van der Waals surface area contributed by atoms with Crippen LogP contribution in [0.5, 0.6) is 5.75 Å². The highest BCUT2D eigenvalue weighted by Crippen LogP contribution is 2.28. The molecule has 0 aliphatic rings. The average Bonchev–Trinajstić information content (AvgIpc) is 3.31. The lowest BCUT2D eigenvalue weighted by Crippen LogP contribution is -2.38. The van der Waals surface area contributed by atoms with Crippen molar-refractivity contribution in [1.29, 1.82) is 0 Å². The summed E-state index contributed by atoms with van der Waals surface area (Å²) in [5.74, 6) is -0.0769. The number of hydrogen-bond donors (Lipinski definition) is 1. The molecule has 0 bridgehead atoms. The highest BCUT2D eigenvalue weighted by molar-refractivity contribution is 7.92. The van der Waals surface area contributed by atoms with Crippen LogP contribution < -0.4 is 14.4 Å². The van der Waals surface area contributed by atoms with E-state index in [4.69, 9.17) is 4.74 Å². The Balaban J connectivity index is 1.59. The van der Waals surface area contributed by atoms with Crippen LogP contribution in [0.1, 0.15) is 5.56 Å². The lowest BCUT2D eigenvalue weighted by molar-refractivity contribution is -0.114. The Kier molecular flexibility index (Phi) is 6.90. The first-order valence-electron chi connectivity index (χ1n) is 10.3. The van der Waals surface area contributed by atoms with Gasteiger partial charge in [-0.05, 0) is 31.2 Å². The normalized spacial score (nSPS) is 11.1. The minimum Gasteiger partial charge on any atom is -0.497 e. The standard InChI is InChI=1S/C24H22N4O4S2/c1-17-11-13-18(14-12-17)23-26-27-24(33-23)25-22(29)16-28(19-7-6-8-20(15-19)32-2)34(30,31)21-9-4-3-5-10-21/h3-15H,16H2,1-2H3,(H,25,27,29). The average molecular weight is 495 g/mol. The summed E-state index contributed by atoms with van der Waals surface area (Å²) in [7, 11) is -2.53. The number of benzene rings is 3. The molecule has 0 saturated carbocycles. The number of aromatic nitrogens is 2. The molecule has 0 saturated heterocycles. The van der Waals surface area contributed by atoms with Crippen molar-refractivity contribution in [3.05, 3.63) is 84.4 Å². The van der Waals surface area contributed by atoms with Crippen molar-refractivity contribution in [3.8, 4) is 16.3 Å². The van der Waals surface area contributed by atoms with Gasteiger partial charge in [-0.2, -0.15) is 0 Å². The second kappa shape index (κ2) is 10.0. The van der Waals surface area contributed by atoms with Crippen LogP contribution in [0.25, 0.3) is 10.6 Å². The van der Waals surface area contributed by atoms with Gasteiger partial charge in [0.15, 0.2) is 0 Å². The molecule has 0 spiro atoms. The fraction of sp³-hybridized carbons (Fsp3) is 0.125. The number of aryl methyl sites for hydroxylation is 1. The Morgan fingerprint density at radius 3 is 2.44 bits per heavy atom. The Bertz CT molecular complexity index is 1390. The van der Waals surface area contributed by atoms with Gasteiger partial charge in [0, 0.05) is 11.6 Å². The zero-order valence-electron chi connectivity index (χ0n) is 18.5. The van der Waals surface area contributed by atoms with Gasteiger partial charge in [0.25, 0.3) is 10.0 Å². The topological polar surface area (TPSA) is 101 Å². The summed E-state index contributed by atoms with van der Waals surface area (Å²) in [4.78, 5) is 13.0. The van der Waals surface area contributed by atoms with E-state index in [1.54, 1.807) is 42.5 Å². The number of methoxy groups -OCH3 is 1. The van der Waals surface area contributed by atoms with E-state index >= 15 is 0 Å². The van der Waals surface area contributed by atoms with E-state index in [2.05, 4.69) is 15.5 Å². The van der Waals surface area contributed by atoms with Crippen LogP contribution in [-0.2, 0) is 14.8 Å². The minimum atomic E-state index is -4.02. The number of ether oxygens (including phenoxy) is 1. The van der Waals surface area contributed by atoms with Crippen molar-refractivity contribution in [2.75, 3.05) is 23.3 Å². The van der Waals surface area contributed by atoms with Gasteiger partial charge in [-0.1, -0.05) is 65.4 Å². The molecule has 3 aromatic carbocycles. The number of sulfonamides is 1. The fourth-order valence-electron chi connectivity index (χ4n) is 3.18. The maximum atomic E-state index is 13.4. The highest BCUT2D eigenvalue weighted by atomic mass is 32.2. The molecule has 0 atom stereocenters. The molecule has 174 valence electrons. The zero-order valence-corrected chi connectivity index (χ0v) is 20.1. The third-order valence-corrected chi connectivity index (χ3v) is 7.61. The Labute approximate surface area is 201 Å². The first-order valence-corrected chi connectivity index (χ1v) is 12.5. The Morgan fingerprint density at radius 2 is 1.74 bits per heavy atom. The molecule has 0 aliphatic carbocycles. The minimum absolute atomic E-state index is 0.0724. The van der Waals surface area contributed by atoms with Gasteiger partial charge in [-0.25, -0.2) is 8.42 Å². The number of anilines is 2. The summed E-state index contributed by atoms with van der Waals surface area (Å²) in [6, 6.07) is 22.3. The van der Waals surface area contributed by atoms with Crippen molar-refractivity contribution in [1.82, 2.24) is 10.2 Å². The molecule has 4 aromatic rings. The van der Waals surface area contributed by atoms with Crippen LogP contribution in [0, 0.1) is 6.92 Å². The van der Waals surface area contributed by atoms with Gasteiger partial charge in [0.2, 0.25) is 11.0 Å². The summed E-state index contributed by atoms with van der Waals surface area (Å²) in [5.41, 5.74) is 2.31. The third kappa shape index (κ3) is 5.24. The highest BCUT2D eigenvalue weighted by Gasteiger charge is 2.28. The number of carbonyl (C=O) groups excluding carboxylic acids is 1. The maximum absolute atomic E-state index is 13.4. The maximum Gasteiger partial charge on any atom is 0.264 e. The SMILES string of the molecule is COc1cccc(N(CC(=O)Nc2nnc(-c3ccc(C)cc3)s2)S(=O)(=O)c2ccccc2)c1. The first-order chi connectivity index (χ1) is 16.4. The van der Waals surface area contributed by atoms with E-state index in [-0.39, 0.29) is 10.0 Å². The monoisotopic (exact) mass is 494 g/mol. The summed E-state index contributed by atoms with van der Waals surface area (Å²) < 4.78 is 33.1. The van der Waals surface area contributed by atoms with Gasteiger partial charge < -0.3 is 4.74 Å². The van der Waals surface area contributed by atoms with Gasteiger partial charge in [0.1, 0.15) is 17.3 Å². The summed E-state index contributed by atoms with van der Waals surface area (Å²) in [5, 5.41) is 11.8. The summed E-state index contributed by atoms with van der Waals surface area (Å²) in [6.45, 7) is 1.54. The lowest BCUT2D eigenvalue weighted by atomic mass is 10.2. The first kappa shape index (κ1) is 23.4. The molecule has 4 rings (SSSR count). The molecule has 10 heteroatoms. The van der Waals surface area contributed by atoms with Crippen LogP contribution >= 0.6 is 11.3 Å². The zero-order chi connectivity index (χ0) is 24.1. The van der Waals surface area contributed by atoms with Crippen LogP contribution in [0.3, 0.4) is 0 Å². The molecule has 1 heterocycles. The van der Waals surface area contributed by atoms with Crippen molar-refractivity contribution >= 4 is 38.1 Å². The number of hydrogen-bond acceptors (Lipinski definition) is 7. The van der Waals surface area contributed by atoms with E-state index < -0.39 is 22.5 Å². The molecule has 0 fully saturated rings. The van der Waals surface area contributed by atoms with Crippen molar-refractivity contribution in [2.24, 2.45) is 0 Å². The Morgan fingerprint density at radius 1 is 1.00 bits per heavy atom. The van der Waals surface area contributed by atoms with Crippen molar-refractivity contribution in [2.45, 2.75) is 11.8 Å². The Hall–Kier alpha value is -3.76. The van der Waals surface area contributed by atoms with E-state index in [1.807, 2.05) is 31.2 Å². The van der Waals surface area contributed by atoms with Gasteiger partial charge >= 0.3 is 0 Å². The molecule has 0 radical (unpaired) electrons. The van der Waals surface area contributed by atoms with Crippen LogP contribution in [0.2, 0.25) is 0 Å². The molecular formula is C24H22N4O4S2. The number of rotatable bonds is 8. The predicted molar refractivity (Wildman–Crippen MR) is 133 cm³/mol. The van der Waals surface area contributed by atoms with Gasteiger partial charge in [0.05, 0.1) is 17.7 Å². The van der Waals surface area contributed by atoms with Crippen molar-refractivity contribution in [3.63, 3.8) is 0 Å². The number of nitrogens with zero attached hydrogens (tertiary/aromatic N) is 3. The van der Waals surface area contributed by atoms with Crippen LogP contribution in [0.15, 0.2) is 83.8 Å². The molecule has 34 heavy (non-hydrogen) atoms. The van der Waals surface area contributed by atoms with Crippen LogP contribution in [-0.4, -0.2) is 38.2 Å². The molecule has 8 nitrogen and oxygen atoms in total. The smallest absolute Gasteiger partial charge is 0.264 e. The van der Waals surface area contributed by atoms with E-state index in [1.165, 1.54) is 30.6 Å². The van der Waals surface area contributed by atoms with Gasteiger partial charge in [-0.15, -0.1) is 10.2 Å². The number of amides is 1. The summed E-state index contributed by atoms with van der Waals surface area (Å²) in [6.07, 6.45) is 0. The van der Waals surface area contributed by atoms with Crippen LogP contribution in [0.4, 0.5) is 10.8 Å². The second-order valence-electron chi connectivity index (χ2n) is 7.35. The quantitative estimate of drug-likeness (QED) is 0.391. The largest absolute Gasteiger partial charge is 0.497 e. The molecule has 0 aliphatic heterocycles. The molecule has 1 N–H and O–H groups in total. The third-order valence-electron chi connectivity index (χ3n) is 4.93. The summed E-state index contributed by atoms with van der Waals surface area (Å²) >= 11 is 1.21. The van der Waals surface area contributed by atoms with E-state index in [0.717, 1.165) is 15.4 Å². The van der Waals surface area contributed by atoms with E-state index in [0.29, 0.717) is 16.4 Å². The fourth-order valence-corrected chi connectivity index (χ4v) is 5.38. The number of carbonyl (C=O) groups is 1. The molecular weight excluding hydrogens is 472 g/mol. The molecule has 0 unspecified atom stereocenters.